The van der Waals surface area contributed by atoms with Gasteiger partial charge in [0.2, 0.25) is 21.8 Å². The normalized spacial score (nSPS) is 19.7. The number of fused-ring (bicyclic) bond motifs is 2. The Labute approximate surface area is 263 Å². The van der Waals surface area contributed by atoms with Crippen molar-refractivity contribution in [3.05, 3.63) is 65.7 Å². The van der Waals surface area contributed by atoms with Crippen molar-refractivity contribution in [2.75, 3.05) is 56.4 Å². The van der Waals surface area contributed by atoms with Gasteiger partial charge in [-0.25, -0.2) is 8.42 Å². The lowest BCUT2D eigenvalue weighted by atomic mass is 9.74. The molecule has 3 heterocycles. The fraction of sp³-hybridized carbons (Fsp3) is 0.588. The van der Waals surface area contributed by atoms with Crippen LogP contribution in [0.2, 0.25) is 0 Å². The number of benzene rings is 2. The second-order valence-electron chi connectivity index (χ2n) is 13.3. The summed E-state index contributed by atoms with van der Waals surface area (Å²) in [5.74, 6) is 0.334. The van der Waals surface area contributed by atoms with Crippen LogP contribution in [0.3, 0.4) is 0 Å². The van der Waals surface area contributed by atoms with Gasteiger partial charge in [0.1, 0.15) is 6.04 Å². The standard InChI is InChI=1S/C34H48N4O5S/c1-26(2)13-18-36-19-14-28(15-20-36)32(39)35-30(24-43-23-27-9-5-4-6-10-27)33(40)37-21-16-34(17-22-37)25-38(44(3,41)42)31-12-8-7-11-29(31)34/h4-12,26,28,30H,13-25H2,1-3H3,(H,35,39)/t30-/m1/s1. The van der Waals surface area contributed by atoms with Crippen molar-refractivity contribution in [2.24, 2.45) is 11.8 Å². The average Bonchev–Trinajstić information content (AvgIpc) is 3.34. The molecule has 2 aromatic rings. The number of carbonyl (C=O) groups is 2. The van der Waals surface area contributed by atoms with Crippen molar-refractivity contribution >= 4 is 27.5 Å². The van der Waals surface area contributed by atoms with E-state index < -0.39 is 16.1 Å². The Kier molecular flexibility index (Phi) is 10.3. The van der Waals surface area contributed by atoms with Crippen LogP contribution in [0.15, 0.2) is 54.6 Å². The molecule has 0 unspecified atom stereocenters. The van der Waals surface area contributed by atoms with Crippen LogP contribution in [0.25, 0.3) is 0 Å². The highest BCUT2D eigenvalue weighted by Gasteiger charge is 2.48. The van der Waals surface area contributed by atoms with Crippen molar-refractivity contribution in [1.29, 1.82) is 0 Å². The van der Waals surface area contributed by atoms with Crippen molar-refractivity contribution in [3.8, 4) is 0 Å². The molecule has 44 heavy (non-hydrogen) atoms. The van der Waals surface area contributed by atoms with E-state index in [0.717, 1.165) is 55.7 Å². The molecular weight excluding hydrogens is 576 g/mol. The van der Waals surface area contributed by atoms with Gasteiger partial charge in [-0.05, 0) is 74.8 Å². The first-order chi connectivity index (χ1) is 21.1. The lowest BCUT2D eigenvalue weighted by Crippen LogP contribution is -2.56. The van der Waals surface area contributed by atoms with Crippen molar-refractivity contribution in [3.63, 3.8) is 0 Å². The molecule has 9 nitrogen and oxygen atoms in total. The number of piperidine rings is 2. The van der Waals surface area contributed by atoms with Crippen LogP contribution >= 0.6 is 0 Å². The Morgan fingerprint density at radius 1 is 0.977 bits per heavy atom. The zero-order valence-electron chi connectivity index (χ0n) is 26.4. The Hall–Kier alpha value is -2.95. The third kappa shape index (κ3) is 7.64. The number of nitrogens with zero attached hydrogens (tertiary/aromatic N) is 3. The molecule has 240 valence electrons. The number of rotatable bonds is 11. The van der Waals surface area contributed by atoms with E-state index in [2.05, 4.69) is 24.1 Å². The van der Waals surface area contributed by atoms with E-state index in [1.54, 1.807) is 0 Å². The quantitative estimate of drug-likeness (QED) is 0.409. The topological polar surface area (TPSA) is 99.3 Å². The summed E-state index contributed by atoms with van der Waals surface area (Å²) in [6.45, 7) is 9.14. The van der Waals surface area contributed by atoms with Crippen LogP contribution in [0.5, 0.6) is 0 Å². The number of hydrogen-bond donors (Lipinski definition) is 1. The molecule has 3 aliphatic rings. The van der Waals surface area contributed by atoms with Gasteiger partial charge in [-0.1, -0.05) is 62.4 Å². The minimum Gasteiger partial charge on any atom is -0.374 e. The van der Waals surface area contributed by atoms with Crippen molar-refractivity contribution < 1.29 is 22.7 Å². The average molecular weight is 625 g/mol. The maximum atomic E-state index is 13.9. The molecule has 5 rings (SSSR count). The van der Waals surface area contributed by atoms with Gasteiger partial charge < -0.3 is 19.9 Å². The number of sulfonamides is 1. The summed E-state index contributed by atoms with van der Waals surface area (Å²) in [5.41, 5.74) is 2.45. The number of amides is 2. The van der Waals surface area contributed by atoms with Gasteiger partial charge in [-0.2, -0.15) is 0 Å². The molecule has 2 aromatic carbocycles. The molecule has 2 fully saturated rings. The van der Waals surface area contributed by atoms with Crippen LogP contribution in [-0.4, -0.2) is 88.2 Å². The van der Waals surface area contributed by atoms with Gasteiger partial charge >= 0.3 is 0 Å². The van der Waals surface area contributed by atoms with Crippen LogP contribution < -0.4 is 9.62 Å². The maximum absolute atomic E-state index is 13.9. The highest BCUT2D eigenvalue weighted by atomic mass is 32.2. The fourth-order valence-corrected chi connectivity index (χ4v) is 7.87. The van der Waals surface area contributed by atoms with Crippen molar-refractivity contribution in [2.45, 2.75) is 64.0 Å². The summed E-state index contributed by atoms with van der Waals surface area (Å²) >= 11 is 0. The third-order valence-corrected chi connectivity index (χ3v) is 10.7. The summed E-state index contributed by atoms with van der Waals surface area (Å²) in [4.78, 5) is 31.7. The smallest absolute Gasteiger partial charge is 0.247 e. The zero-order valence-corrected chi connectivity index (χ0v) is 27.2. The predicted molar refractivity (Wildman–Crippen MR) is 173 cm³/mol. The van der Waals surface area contributed by atoms with Gasteiger partial charge in [0.15, 0.2) is 0 Å². The first-order valence-electron chi connectivity index (χ1n) is 16.1. The van der Waals surface area contributed by atoms with Crippen LogP contribution in [0.4, 0.5) is 5.69 Å². The summed E-state index contributed by atoms with van der Waals surface area (Å²) in [6, 6.07) is 16.7. The molecule has 1 N–H and O–H groups in total. The predicted octanol–water partition coefficient (Wildman–Crippen LogP) is 3.79. The van der Waals surface area contributed by atoms with Crippen LogP contribution in [0, 0.1) is 11.8 Å². The summed E-state index contributed by atoms with van der Waals surface area (Å²) in [7, 11) is -3.42. The molecule has 2 saturated heterocycles. The van der Waals surface area contributed by atoms with Crippen LogP contribution in [0.1, 0.15) is 57.1 Å². The Morgan fingerprint density at radius 3 is 2.30 bits per heavy atom. The summed E-state index contributed by atoms with van der Waals surface area (Å²) < 4.78 is 32.7. The molecule has 1 spiro atoms. The van der Waals surface area contributed by atoms with Gasteiger partial charge in [0.05, 0.1) is 25.2 Å². The first-order valence-corrected chi connectivity index (χ1v) is 17.9. The minimum absolute atomic E-state index is 0.0721. The van der Waals surface area contributed by atoms with E-state index in [0.29, 0.717) is 45.0 Å². The number of nitrogens with one attached hydrogen (secondary N) is 1. The number of ether oxygens (including phenoxy) is 1. The van der Waals surface area contributed by atoms with Gasteiger partial charge in [0.25, 0.3) is 0 Å². The van der Waals surface area contributed by atoms with Crippen LogP contribution in [-0.2, 0) is 36.4 Å². The third-order valence-electron chi connectivity index (χ3n) is 9.61. The Morgan fingerprint density at radius 2 is 1.64 bits per heavy atom. The van der Waals surface area contributed by atoms with Gasteiger partial charge in [-0.15, -0.1) is 0 Å². The lowest BCUT2D eigenvalue weighted by molar-refractivity contribution is -0.141. The number of anilines is 1. The SMILES string of the molecule is CC(C)CCN1CCC(C(=O)N[C@H](COCc2ccccc2)C(=O)N2CCC3(CC2)CN(S(C)(=O)=O)c2ccccc23)CC1. The monoisotopic (exact) mass is 624 g/mol. The fourth-order valence-electron chi connectivity index (χ4n) is 6.88. The molecule has 10 heteroatoms. The molecule has 0 aromatic heterocycles. The first kappa shape index (κ1) is 32.4. The molecule has 3 aliphatic heterocycles. The van der Waals surface area contributed by atoms with E-state index in [4.69, 9.17) is 4.74 Å². The second-order valence-corrected chi connectivity index (χ2v) is 15.2. The molecule has 0 aliphatic carbocycles. The highest BCUT2D eigenvalue weighted by Crippen LogP contribution is 2.47. The highest BCUT2D eigenvalue weighted by molar-refractivity contribution is 7.92. The molecule has 0 bridgehead atoms. The van der Waals surface area contributed by atoms with E-state index in [1.165, 1.54) is 10.6 Å². The largest absolute Gasteiger partial charge is 0.374 e. The number of hydrogen-bond acceptors (Lipinski definition) is 6. The summed E-state index contributed by atoms with van der Waals surface area (Å²) in [6.07, 6.45) is 5.29. The van der Waals surface area contributed by atoms with E-state index in [1.807, 2.05) is 59.5 Å². The molecular formula is C34H48N4O5S. The molecule has 0 saturated carbocycles. The van der Waals surface area contributed by atoms with E-state index >= 15 is 0 Å². The van der Waals surface area contributed by atoms with Gasteiger partial charge in [-0.3, -0.25) is 13.9 Å². The number of likely N-dealkylation sites (tertiary alicyclic amines) is 2. The van der Waals surface area contributed by atoms with Crippen molar-refractivity contribution in [1.82, 2.24) is 15.1 Å². The maximum Gasteiger partial charge on any atom is 0.247 e. The Bertz CT molecular complexity index is 1380. The van der Waals surface area contributed by atoms with E-state index in [9.17, 15) is 18.0 Å². The number of carbonyl (C=O) groups excluding carboxylic acids is 2. The van der Waals surface area contributed by atoms with Gasteiger partial charge in [0, 0.05) is 31.0 Å². The molecule has 0 radical (unpaired) electrons. The minimum atomic E-state index is -3.42. The lowest BCUT2D eigenvalue weighted by Gasteiger charge is -2.41. The summed E-state index contributed by atoms with van der Waals surface area (Å²) in [5, 5.41) is 3.08. The van der Waals surface area contributed by atoms with E-state index in [-0.39, 0.29) is 29.8 Å². The molecule has 2 amide bonds. The second kappa shape index (κ2) is 14.0. The number of para-hydroxylation sites is 1. The molecule has 1 atom stereocenters. The zero-order chi connectivity index (χ0) is 31.3. The Balaban J connectivity index is 1.23.